The first-order valence-electron chi connectivity index (χ1n) is 33.3. The number of rotatable bonds is 49. The van der Waals surface area contributed by atoms with Gasteiger partial charge in [0.1, 0.15) is 73.2 Å². The first kappa shape index (κ1) is 78.2. The van der Waals surface area contributed by atoms with Crippen molar-refractivity contribution in [2.45, 2.75) is 311 Å². The highest BCUT2D eigenvalue weighted by atomic mass is 16.8. The number of hydrogen-bond donors (Lipinski definition) is 12. The van der Waals surface area contributed by atoms with Crippen LogP contribution in [0.3, 0.4) is 0 Å². The summed E-state index contributed by atoms with van der Waals surface area (Å²) in [6.07, 6.45) is 35.7. The molecule has 502 valence electrons. The number of amides is 1. The highest BCUT2D eigenvalue weighted by Crippen LogP contribution is 2.33. The molecular weight excluding hydrogens is 1120 g/mol. The van der Waals surface area contributed by atoms with E-state index in [4.69, 9.17) is 28.4 Å². The zero-order valence-electron chi connectivity index (χ0n) is 52.7. The fourth-order valence-corrected chi connectivity index (χ4v) is 10.8. The first-order valence-corrected chi connectivity index (χ1v) is 33.3. The van der Waals surface area contributed by atoms with Crippen LogP contribution in [0.1, 0.15) is 206 Å². The zero-order valence-corrected chi connectivity index (χ0v) is 52.7. The van der Waals surface area contributed by atoms with E-state index in [1.165, 1.54) is 89.9 Å². The maximum Gasteiger partial charge on any atom is 0.220 e. The minimum Gasteiger partial charge on any atom is -0.394 e. The summed E-state index contributed by atoms with van der Waals surface area (Å²) < 4.78 is 34.3. The van der Waals surface area contributed by atoms with Crippen molar-refractivity contribution in [1.82, 2.24) is 5.32 Å². The summed E-state index contributed by atoms with van der Waals surface area (Å²) in [5.41, 5.74) is 0. The molecule has 3 fully saturated rings. The molecule has 17 atom stereocenters. The van der Waals surface area contributed by atoms with E-state index in [2.05, 4.69) is 92.1 Å². The van der Waals surface area contributed by atoms with Gasteiger partial charge < -0.3 is 89.9 Å². The Balaban J connectivity index is 1.41. The van der Waals surface area contributed by atoms with E-state index in [-0.39, 0.29) is 18.9 Å². The molecule has 19 heteroatoms. The molecule has 3 rings (SSSR count). The third-order valence-corrected chi connectivity index (χ3v) is 16.2. The molecule has 0 aromatic rings. The summed E-state index contributed by atoms with van der Waals surface area (Å²) >= 11 is 0. The average molecular weight is 1240 g/mol. The van der Waals surface area contributed by atoms with Crippen LogP contribution in [0.2, 0.25) is 0 Å². The number of ether oxygens (including phenoxy) is 6. The number of aliphatic hydroxyl groups is 11. The van der Waals surface area contributed by atoms with Crippen LogP contribution < -0.4 is 5.32 Å². The van der Waals surface area contributed by atoms with Crippen molar-refractivity contribution in [2.24, 2.45) is 0 Å². The van der Waals surface area contributed by atoms with E-state index in [1.807, 2.05) is 6.08 Å². The van der Waals surface area contributed by atoms with Gasteiger partial charge in [-0.3, -0.25) is 4.79 Å². The molecule has 0 aromatic heterocycles. The van der Waals surface area contributed by atoms with Crippen molar-refractivity contribution in [1.29, 1.82) is 0 Å². The molecule has 3 saturated heterocycles. The Morgan fingerprint density at radius 1 is 0.425 bits per heavy atom. The van der Waals surface area contributed by atoms with Crippen molar-refractivity contribution >= 4 is 5.91 Å². The maximum atomic E-state index is 13.4. The molecule has 0 spiro atoms. The number of carbonyl (C=O) groups is 1. The molecule has 0 saturated carbocycles. The Labute approximate surface area is 520 Å². The molecule has 19 nitrogen and oxygen atoms in total. The Kier molecular flexibility index (Phi) is 44.6. The van der Waals surface area contributed by atoms with Crippen LogP contribution >= 0.6 is 0 Å². The second-order valence-electron chi connectivity index (χ2n) is 23.5. The van der Waals surface area contributed by atoms with E-state index in [0.29, 0.717) is 12.8 Å². The molecule has 0 aromatic carbocycles. The molecule has 0 aliphatic carbocycles. The molecule has 17 unspecified atom stereocenters. The monoisotopic (exact) mass is 1240 g/mol. The predicted octanol–water partition coefficient (Wildman–Crippen LogP) is 7.93. The van der Waals surface area contributed by atoms with E-state index in [9.17, 15) is 61.0 Å². The van der Waals surface area contributed by atoms with Crippen LogP contribution in [-0.4, -0.2) is 193 Å². The standard InChI is InChI=1S/C68H117NO18/c1-3-5-7-9-11-13-15-17-18-19-20-21-22-23-24-25-26-27-28-29-30-31-32-34-36-38-40-42-44-46-56(74)69-51(52(73)45-43-41-39-37-35-33-16-14-12-10-8-6-4-2)50-82-66-62(80)59(77)64(54(48-71)84-66)87-68-63(81)60(78)65(55(49-72)85-68)86-67-61(79)58(76)57(75)53(47-70)83-67/h5,7,11,13,17-18,20-21,23-24,35,37,43,45,51-55,57-68,70-73,75-81H,3-4,6,8-10,12,14-16,19,22,25-34,36,38-42,44,46-50H2,1-2H3,(H,69,74)/b7-5-,13-11-,18-17-,21-20-,24-23-,37-35+,45-43+. The number of aliphatic hydroxyl groups excluding tert-OH is 11. The Bertz CT molecular complexity index is 1910. The van der Waals surface area contributed by atoms with Gasteiger partial charge in [0.15, 0.2) is 18.9 Å². The number of unbranched alkanes of at least 4 members (excludes halogenated alkanes) is 21. The molecule has 0 radical (unpaired) electrons. The predicted molar refractivity (Wildman–Crippen MR) is 337 cm³/mol. The Hall–Kier alpha value is -3.03. The lowest BCUT2D eigenvalue weighted by Crippen LogP contribution is -2.66. The fourth-order valence-electron chi connectivity index (χ4n) is 10.8. The van der Waals surface area contributed by atoms with Crippen LogP contribution in [0.4, 0.5) is 0 Å². The van der Waals surface area contributed by atoms with Gasteiger partial charge in [-0.1, -0.05) is 208 Å². The van der Waals surface area contributed by atoms with Gasteiger partial charge in [0.2, 0.25) is 5.91 Å². The minimum absolute atomic E-state index is 0.229. The SMILES string of the molecule is CC/C=C\C/C=C\C/C=C\C/C=C\C/C=C\CCCCCCCCCCCCCCCC(=O)NC(COC1OC(CO)C(OC2OC(CO)C(OC3OC(CO)C(O)C(O)C3O)C(O)C2O)C(O)C1O)C(O)/C=C/CC/C=C/CCCCCCCCC. The molecular formula is C68H117NO18. The van der Waals surface area contributed by atoms with Crippen LogP contribution in [0.25, 0.3) is 0 Å². The molecule has 1 amide bonds. The topological polar surface area (TPSA) is 307 Å². The van der Waals surface area contributed by atoms with Crippen LogP contribution in [0, 0.1) is 0 Å². The van der Waals surface area contributed by atoms with Gasteiger partial charge in [0.05, 0.1) is 38.6 Å². The highest BCUT2D eigenvalue weighted by Gasteiger charge is 2.53. The van der Waals surface area contributed by atoms with Crippen molar-refractivity contribution in [2.75, 3.05) is 26.4 Å². The van der Waals surface area contributed by atoms with Crippen molar-refractivity contribution in [3.8, 4) is 0 Å². The maximum absolute atomic E-state index is 13.4. The van der Waals surface area contributed by atoms with Gasteiger partial charge >= 0.3 is 0 Å². The van der Waals surface area contributed by atoms with Gasteiger partial charge in [-0.25, -0.2) is 0 Å². The fraction of sp³-hybridized carbons (Fsp3) is 0.779. The molecule has 87 heavy (non-hydrogen) atoms. The summed E-state index contributed by atoms with van der Waals surface area (Å²) in [5.74, 6) is -0.291. The summed E-state index contributed by atoms with van der Waals surface area (Å²) in [5, 5.41) is 120. The van der Waals surface area contributed by atoms with Crippen LogP contribution in [-0.2, 0) is 33.2 Å². The van der Waals surface area contributed by atoms with Gasteiger partial charge in [-0.05, 0) is 77.0 Å². The van der Waals surface area contributed by atoms with E-state index >= 15 is 0 Å². The molecule has 0 bridgehead atoms. The molecule has 3 aliphatic rings. The smallest absolute Gasteiger partial charge is 0.220 e. The lowest BCUT2D eigenvalue weighted by Gasteiger charge is -2.48. The van der Waals surface area contributed by atoms with Crippen molar-refractivity contribution in [3.63, 3.8) is 0 Å². The van der Waals surface area contributed by atoms with Crippen molar-refractivity contribution in [3.05, 3.63) is 85.1 Å². The van der Waals surface area contributed by atoms with E-state index in [0.717, 1.165) is 83.5 Å². The largest absolute Gasteiger partial charge is 0.394 e. The summed E-state index contributed by atoms with van der Waals surface area (Å²) in [6.45, 7) is 1.57. The van der Waals surface area contributed by atoms with Crippen molar-refractivity contribution < 1.29 is 89.4 Å². The van der Waals surface area contributed by atoms with Gasteiger partial charge in [0.25, 0.3) is 0 Å². The summed E-state index contributed by atoms with van der Waals surface area (Å²) in [7, 11) is 0. The van der Waals surface area contributed by atoms with Gasteiger partial charge in [-0.15, -0.1) is 0 Å². The third-order valence-electron chi connectivity index (χ3n) is 16.2. The quantitative estimate of drug-likeness (QED) is 0.0203. The number of allylic oxidation sites excluding steroid dienone is 13. The van der Waals surface area contributed by atoms with Crippen LogP contribution in [0.5, 0.6) is 0 Å². The van der Waals surface area contributed by atoms with E-state index < -0.39 is 124 Å². The van der Waals surface area contributed by atoms with Gasteiger partial charge in [-0.2, -0.15) is 0 Å². The van der Waals surface area contributed by atoms with Gasteiger partial charge in [0, 0.05) is 6.42 Å². The second-order valence-corrected chi connectivity index (χ2v) is 23.5. The zero-order chi connectivity index (χ0) is 63.3. The first-order chi connectivity index (χ1) is 42.3. The average Bonchev–Trinajstić information content (AvgIpc) is 1.69. The minimum atomic E-state index is -1.98. The lowest BCUT2D eigenvalue weighted by molar-refractivity contribution is -0.379. The number of nitrogens with one attached hydrogen (secondary N) is 1. The van der Waals surface area contributed by atoms with Crippen LogP contribution in [0.15, 0.2) is 85.1 Å². The molecule has 3 aliphatic heterocycles. The molecule has 3 heterocycles. The number of hydrogen-bond acceptors (Lipinski definition) is 18. The van der Waals surface area contributed by atoms with E-state index in [1.54, 1.807) is 6.08 Å². The Morgan fingerprint density at radius 2 is 0.805 bits per heavy atom. The third kappa shape index (κ3) is 32.2. The highest BCUT2D eigenvalue weighted by molar-refractivity contribution is 5.76. The number of carbonyl (C=O) groups excluding carboxylic acids is 1. The summed E-state index contributed by atoms with van der Waals surface area (Å²) in [4.78, 5) is 13.4. The summed E-state index contributed by atoms with van der Waals surface area (Å²) in [6, 6.07) is -0.994. The lowest BCUT2D eigenvalue weighted by atomic mass is 9.96. The normalized spacial score (nSPS) is 29.1. The second kappa shape index (κ2) is 49.6. The Morgan fingerprint density at radius 3 is 1.29 bits per heavy atom. The molecule has 12 N–H and O–H groups in total.